The molecule has 8 heteroatoms. The summed E-state index contributed by atoms with van der Waals surface area (Å²) in [4.78, 5) is 12.8. The Morgan fingerprint density at radius 1 is 1.07 bits per heavy atom. The molecule has 2 aromatic carbocycles. The molecule has 0 fully saturated rings. The van der Waals surface area contributed by atoms with Gasteiger partial charge in [0.05, 0.1) is 11.9 Å². The second-order valence-corrected chi connectivity index (χ2v) is 8.98. The van der Waals surface area contributed by atoms with Gasteiger partial charge in [-0.15, -0.1) is 0 Å². The molecule has 1 N–H and O–H groups in total. The molecule has 0 saturated carbocycles. The van der Waals surface area contributed by atoms with Gasteiger partial charge >= 0.3 is 0 Å². The first-order chi connectivity index (χ1) is 13.8. The Labute approximate surface area is 171 Å². The van der Waals surface area contributed by atoms with E-state index >= 15 is 0 Å². The highest BCUT2D eigenvalue weighted by atomic mass is 32.2. The van der Waals surface area contributed by atoms with Crippen LogP contribution in [-0.2, 0) is 14.8 Å². The van der Waals surface area contributed by atoms with E-state index in [0.29, 0.717) is 36.9 Å². The van der Waals surface area contributed by atoms with Crippen molar-refractivity contribution in [3.8, 4) is 11.5 Å². The van der Waals surface area contributed by atoms with Gasteiger partial charge in [0.2, 0.25) is 15.9 Å². The van der Waals surface area contributed by atoms with Crippen LogP contribution < -0.4 is 19.1 Å². The number of anilines is 1. The number of sulfonamides is 1. The molecule has 1 aliphatic heterocycles. The van der Waals surface area contributed by atoms with Crippen molar-refractivity contribution in [1.82, 2.24) is 5.32 Å². The molecule has 3 rings (SSSR count). The van der Waals surface area contributed by atoms with Crippen LogP contribution in [0.25, 0.3) is 0 Å². The van der Waals surface area contributed by atoms with E-state index in [1.807, 2.05) is 37.3 Å². The fourth-order valence-corrected chi connectivity index (χ4v) is 4.45. The van der Waals surface area contributed by atoms with Crippen LogP contribution in [-0.4, -0.2) is 46.4 Å². The SMILES string of the molecule is C[C@H](CNC(=O)[C@@H](C)N(c1ccc2c(c1)OCCO2)S(C)(=O)=O)c1ccccc1. The van der Waals surface area contributed by atoms with Gasteiger partial charge < -0.3 is 14.8 Å². The summed E-state index contributed by atoms with van der Waals surface area (Å²) in [6, 6.07) is 13.8. The van der Waals surface area contributed by atoms with Gasteiger partial charge in [0, 0.05) is 12.6 Å². The number of ether oxygens (including phenoxy) is 2. The monoisotopic (exact) mass is 418 g/mol. The molecule has 7 nitrogen and oxygen atoms in total. The molecule has 0 aliphatic carbocycles. The van der Waals surface area contributed by atoms with E-state index in [1.54, 1.807) is 25.1 Å². The Bertz CT molecular complexity index is 962. The van der Waals surface area contributed by atoms with Gasteiger partial charge in [-0.1, -0.05) is 37.3 Å². The third-order valence-corrected chi connectivity index (χ3v) is 6.06. The molecule has 2 aromatic rings. The summed E-state index contributed by atoms with van der Waals surface area (Å²) in [5.74, 6) is 0.761. The summed E-state index contributed by atoms with van der Waals surface area (Å²) >= 11 is 0. The van der Waals surface area contributed by atoms with E-state index < -0.39 is 16.1 Å². The smallest absolute Gasteiger partial charge is 0.243 e. The molecule has 1 heterocycles. The molecule has 1 amide bonds. The van der Waals surface area contributed by atoms with E-state index in [0.717, 1.165) is 16.1 Å². The molecule has 0 saturated heterocycles. The first kappa shape index (κ1) is 21.0. The van der Waals surface area contributed by atoms with Crippen LogP contribution in [0, 0.1) is 0 Å². The zero-order valence-corrected chi connectivity index (χ0v) is 17.6. The average Bonchev–Trinajstić information content (AvgIpc) is 2.71. The lowest BCUT2D eigenvalue weighted by Crippen LogP contribution is -2.48. The highest BCUT2D eigenvalue weighted by Crippen LogP contribution is 2.35. The van der Waals surface area contributed by atoms with E-state index in [-0.39, 0.29) is 11.8 Å². The molecule has 0 radical (unpaired) electrons. The van der Waals surface area contributed by atoms with Crippen molar-refractivity contribution in [3.63, 3.8) is 0 Å². The number of nitrogens with one attached hydrogen (secondary N) is 1. The Balaban J connectivity index is 1.76. The number of carbonyl (C=O) groups is 1. The van der Waals surface area contributed by atoms with Gasteiger partial charge in [-0.05, 0) is 30.5 Å². The first-order valence-electron chi connectivity index (χ1n) is 9.49. The number of amides is 1. The van der Waals surface area contributed by atoms with Crippen LogP contribution in [0.2, 0.25) is 0 Å². The maximum absolute atomic E-state index is 12.8. The minimum absolute atomic E-state index is 0.105. The lowest BCUT2D eigenvalue weighted by Gasteiger charge is -2.29. The Hall–Kier alpha value is -2.74. The standard InChI is InChI=1S/C21H26N2O5S/c1-15(17-7-5-4-6-8-17)14-22-21(24)16(2)23(29(3,25)26)18-9-10-19-20(13-18)28-12-11-27-19/h4-10,13,15-16H,11-12,14H2,1-3H3,(H,22,24)/t15-,16-/m1/s1. The third-order valence-electron chi connectivity index (χ3n) is 4.82. The number of hydrogen-bond donors (Lipinski definition) is 1. The molecule has 0 unspecified atom stereocenters. The molecule has 1 aliphatic rings. The number of hydrogen-bond acceptors (Lipinski definition) is 5. The number of nitrogens with zero attached hydrogens (tertiary/aromatic N) is 1. The third kappa shape index (κ3) is 5.00. The summed E-state index contributed by atoms with van der Waals surface area (Å²) < 4.78 is 37.1. The minimum Gasteiger partial charge on any atom is -0.486 e. The van der Waals surface area contributed by atoms with Crippen molar-refractivity contribution >= 4 is 21.6 Å². The summed E-state index contributed by atoms with van der Waals surface area (Å²) in [5.41, 5.74) is 1.46. The minimum atomic E-state index is -3.70. The molecular weight excluding hydrogens is 392 g/mol. The van der Waals surface area contributed by atoms with Crippen LogP contribution in [0.1, 0.15) is 25.3 Å². The molecule has 2 atom stereocenters. The quantitative estimate of drug-likeness (QED) is 0.747. The van der Waals surface area contributed by atoms with Crippen LogP contribution in [0.15, 0.2) is 48.5 Å². The van der Waals surface area contributed by atoms with Crippen LogP contribution in [0.4, 0.5) is 5.69 Å². The highest BCUT2D eigenvalue weighted by Gasteiger charge is 2.30. The Kier molecular flexibility index (Phi) is 6.32. The van der Waals surface area contributed by atoms with Crippen molar-refractivity contribution in [1.29, 1.82) is 0 Å². The van der Waals surface area contributed by atoms with Crippen LogP contribution in [0.3, 0.4) is 0 Å². The van der Waals surface area contributed by atoms with Gasteiger partial charge in [-0.2, -0.15) is 0 Å². The number of carbonyl (C=O) groups excluding carboxylic acids is 1. The van der Waals surface area contributed by atoms with Crippen molar-refractivity contribution in [2.75, 3.05) is 30.3 Å². The molecule has 0 bridgehead atoms. The van der Waals surface area contributed by atoms with Crippen LogP contribution in [0.5, 0.6) is 11.5 Å². The second-order valence-electron chi connectivity index (χ2n) is 7.12. The highest BCUT2D eigenvalue weighted by molar-refractivity contribution is 7.92. The molecule has 0 aromatic heterocycles. The maximum Gasteiger partial charge on any atom is 0.243 e. The summed E-state index contributed by atoms with van der Waals surface area (Å²) in [6.07, 6.45) is 1.08. The van der Waals surface area contributed by atoms with Crippen molar-refractivity contribution in [2.45, 2.75) is 25.8 Å². The van der Waals surface area contributed by atoms with Gasteiger partial charge in [-0.3, -0.25) is 9.10 Å². The van der Waals surface area contributed by atoms with Crippen molar-refractivity contribution < 1.29 is 22.7 Å². The zero-order valence-electron chi connectivity index (χ0n) is 16.8. The van der Waals surface area contributed by atoms with E-state index in [4.69, 9.17) is 9.47 Å². The summed E-state index contributed by atoms with van der Waals surface area (Å²) in [5, 5.41) is 2.86. The molecule has 29 heavy (non-hydrogen) atoms. The molecular formula is C21H26N2O5S. The summed E-state index contributed by atoms with van der Waals surface area (Å²) in [7, 11) is -3.70. The van der Waals surface area contributed by atoms with Gasteiger partial charge in [-0.25, -0.2) is 8.42 Å². The Morgan fingerprint density at radius 2 is 1.72 bits per heavy atom. The zero-order chi connectivity index (χ0) is 21.0. The Morgan fingerprint density at radius 3 is 2.38 bits per heavy atom. The predicted octanol–water partition coefficient (Wildman–Crippen LogP) is 2.53. The summed E-state index contributed by atoms with van der Waals surface area (Å²) in [6.45, 7) is 4.82. The molecule has 156 valence electrons. The topological polar surface area (TPSA) is 84.9 Å². The van der Waals surface area contributed by atoms with E-state index in [9.17, 15) is 13.2 Å². The maximum atomic E-state index is 12.8. The average molecular weight is 419 g/mol. The first-order valence-corrected chi connectivity index (χ1v) is 11.3. The largest absolute Gasteiger partial charge is 0.486 e. The fraction of sp³-hybridized carbons (Fsp3) is 0.381. The van der Waals surface area contributed by atoms with Gasteiger partial charge in [0.1, 0.15) is 19.3 Å². The number of fused-ring (bicyclic) bond motifs is 1. The van der Waals surface area contributed by atoms with Crippen molar-refractivity contribution in [2.24, 2.45) is 0 Å². The lowest BCUT2D eigenvalue weighted by atomic mass is 10.0. The second kappa shape index (κ2) is 8.73. The van der Waals surface area contributed by atoms with Gasteiger partial charge in [0.15, 0.2) is 11.5 Å². The number of rotatable bonds is 7. The fourth-order valence-electron chi connectivity index (χ4n) is 3.28. The normalized spacial score (nSPS) is 15.3. The predicted molar refractivity (Wildman–Crippen MR) is 112 cm³/mol. The molecule has 0 spiro atoms. The van der Waals surface area contributed by atoms with E-state index in [2.05, 4.69) is 5.32 Å². The lowest BCUT2D eigenvalue weighted by molar-refractivity contribution is -0.121. The van der Waals surface area contributed by atoms with Crippen LogP contribution >= 0.6 is 0 Å². The van der Waals surface area contributed by atoms with Gasteiger partial charge in [0.25, 0.3) is 0 Å². The van der Waals surface area contributed by atoms with Crippen molar-refractivity contribution in [3.05, 3.63) is 54.1 Å². The van der Waals surface area contributed by atoms with E-state index in [1.165, 1.54) is 0 Å². The number of benzene rings is 2.